The largest absolute Gasteiger partial charge is 0.478 e. The summed E-state index contributed by atoms with van der Waals surface area (Å²) in [6, 6.07) is 3.92. The van der Waals surface area contributed by atoms with Crippen molar-refractivity contribution in [3.8, 4) is 0 Å². The summed E-state index contributed by atoms with van der Waals surface area (Å²) in [5, 5.41) is 12.8. The van der Waals surface area contributed by atoms with Crippen LogP contribution < -0.4 is 5.32 Å². The third-order valence-electron chi connectivity index (χ3n) is 2.50. The molecule has 0 aliphatic heterocycles. The van der Waals surface area contributed by atoms with Crippen LogP contribution in [0.1, 0.15) is 21.6 Å². The molecule has 0 radical (unpaired) electrons. The highest BCUT2D eigenvalue weighted by Crippen LogP contribution is 2.37. The first-order valence-electron chi connectivity index (χ1n) is 5.32. The van der Waals surface area contributed by atoms with Crippen LogP contribution in [0.5, 0.6) is 0 Å². The Morgan fingerprint density at radius 3 is 2.42 bits per heavy atom. The number of nitrogens with zero attached hydrogens (tertiary/aromatic N) is 1. The highest BCUT2D eigenvalue weighted by atomic mass is 79.9. The lowest BCUT2D eigenvalue weighted by Crippen LogP contribution is -2.02. The van der Waals surface area contributed by atoms with E-state index < -0.39 is 5.97 Å². The zero-order valence-corrected chi connectivity index (χ0v) is 14.1. The van der Waals surface area contributed by atoms with E-state index >= 15 is 0 Å². The van der Waals surface area contributed by atoms with E-state index in [0.717, 1.165) is 31.7 Å². The minimum atomic E-state index is -0.979. The van der Waals surface area contributed by atoms with Gasteiger partial charge in [0.1, 0.15) is 10.6 Å². The Bertz CT molecular complexity index is 632. The first kappa shape index (κ1) is 14.5. The van der Waals surface area contributed by atoms with Crippen molar-refractivity contribution in [1.82, 2.24) is 4.37 Å². The molecule has 1 aromatic carbocycles. The first-order chi connectivity index (χ1) is 8.90. The molecule has 0 aliphatic carbocycles. The lowest BCUT2D eigenvalue weighted by molar-refractivity contribution is 0.0697. The number of carbonyl (C=O) groups is 1. The Hall–Kier alpha value is -0.920. The number of halogens is 2. The Labute approximate surface area is 131 Å². The van der Waals surface area contributed by atoms with Gasteiger partial charge in [-0.2, -0.15) is 4.37 Å². The van der Waals surface area contributed by atoms with E-state index in [0.29, 0.717) is 10.7 Å². The van der Waals surface area contributed by atoms with Crippen LogP contribution in [-0.4, -0.2) is 15.4 Å². The van der Waals surface area contributed by atoms with Crippen LogP contribution in [-0.2, 0) is 0 Å². The summed E-state index contributed by atoms with van der Waals surface area (Å²) in [5.74, 6) is -0.979. The van der Waals surface area contributed by atoms with E-state index in [1.165, 1.54) is 0 Å². The summed E-state index contributed by atoms with van der Waals surface area (Å²) < 4.78 is 5.80. The molecule has 2 N–H and O–H groups in total. The SMILES string of the molecule is Cc1cc(Br)c(Nc2snc(C)c2C(=O)O)c(Br)c1. The normalized spacial score (nSPS) is 10.5. The number of carboxylic acid groups (broad SMARTS) is 1. The van der Waals surface area contributed by atoms with Gasteiger partial charge in [0, 0.05) is 8.95 Å². The number of benzene rings is 1. The predicted octanol–water partition coefficient (Wildman–Crippen LogP) is 4.73. The number of carboxylic acids is 1. The monoisotopic (exact) mass is 404 g/mol. The lowest BCUT2D eigenvalue weighted by Gasteiger charge is -2.10. The second kappa shape index (κ2) is 5.60. The van der Waals surface area contributed by atoms with Crippen LogP contribution in [0.25, 0.3) is 0 Å². The molecule has 0 atom stereocenters. The van der Waals surface area contributed by atoms with Gasteiger partial charge in [-0.05, 0) is 74.9 Å². The van der Waals surface area contributed by atoms with Gasteiger partial charge in [-0.15, -0.1) is 0 Å². The van der Waals surface area contributed by atoms with Gasteiger partial charge in [0.15, 0.2) is 0 Å². The van der Waals surface area contributed by atoms with Gasteiger partial charge >= 0.3 is 5.97 Å². The fourth-order valence-electron chi connectivity index (χ4n) is 1.64. The zero-order chi connectivity index (χ0) is 14.2. The second-order valence-corrected chi connectivity index (χ2v) is 6.49. The molecule has 0 amide bonds. The molecule has 1 aromatic heterocycles. The van der Waals surface area contributed by atoms with E-state index in [1.807, 2.05) is 19.1 Å². The molecule has 2 rings (SSSR count). The number of hydrogen-bond acceptors (Lipinski definition) is 4. The number of nitrogens with one attached hydrogen (secondary N) is 1. The van der Waals surface area contributed by atoms with Gasteiger partial charge in [-0.3, -0.25) is 0 Å². The molecular weight excluding hydrogens is 396 g/mol. The summed E-state index contributed by atoms with van der Waals surface area (Å²) in [6.45, 7) is 3.67. The fourth-order valence-corrected chi connectivity index (χ4v) is 4.05. The summed E-state index contributed by atoms with van der Waals surface area (Å²) in [5.41, 5.74) is 2.61. The summed E-state index contributed by atoms with van der Waals surface area (Å²) >= 11 is 8.07. The molecule has 0 bridgehead atoms. The van der Waals surface area contributed by atoms with E-state index in [-0.39, 0.29) is 5.56 Å². The molecule has 2 aromatic rings. The Balaban J connectivity index is 2.45. The van der Waals surface area contributed by atoms with Gasteiger partial charge in [0.25, 0.3) is 0 Å². The molecular formula is C12H10Br2N2O2S. The van der Waals surface area contributed by atoms with E-state index in [1.54, 1.807) is 6.92 Å². The third-order valence-corrected chi connectivity index (χ3v) is 4.61. The van der Waals surface area contributed by atoms with Gasteiger partial charge in [0.05, 0.1) is 11.4 Å². The minimum Gasteiger partial charge on any atom is -0.478 e. The maximum atomic E-state index is 11.2. The molecule has 7 heteroatoms. The number of rotatable bonds is 3. The smallest absolute Gasteiger partial charge is 0.340 e. The molecule has 4 nitrogen and oxygen atoms in total. The molecule has 0 saturated heterocycles. The third kappa shape index (κ3) is 2.98. The van der Waals surface area contributed by atoms with E-state index in [2.05, 4.69) is 41.6 Å². The van der Waals surface area contributed by atoms with Crippen LogP contribution in [0.4, 0.5) is 10.7 Å². The van der Waals surface area contributed by atoms with Gasteiger partial charge in [-0.1, -0.05) is 0 Å². The average Bonchev–Trinajstić information content (AvgIpc) is 2.64. The first-order valence-corrected chi connectivity index (χ1v) is 7.68. The van der Waals surface area contributed by atoms with Crippen molar-refractivity contribution >= 4 is 60.1 Å². The summed E-state index contributed by atoms with van der Waals surface area (Å²) in [6.07, 6.45) is 0. The Morgan fingerprint density at radius 2 is 1.89 bits per heavy atom. The maximum absolute atomic E-state index is 11.2. The van der Waals surface area contributed by atoms with Crippen molar-refractivity contribution in [2.45, 2.75) is 13.8 Å². The topological polar surface area (TPSA) is 62.2 Å². The van der Waals surface area contributed by atoms with Crippen molar-refractivity contribution in [1.29, 1.82) is 0 Å². The standard InChI is InChI=1S/C12H10Br2N2O2S/c1-5-3-7(13)10(8(14)4-5)15-11-9(12(17)18)6(2)16-19-11/h3-4,15H,1-2H3,(H,17,18). The number of aromatic nitrogens is 1. The molecule has 100 valence electrons. The minimum absolute atomic E-state index is 0.212. The molecule has 0 aliphatic rings. The van der Waals surface area contributed by atoms with Crippen LogP contribution in [0, 0.1) is 13.8 Å². The quantitative estimate of drug-likeness (QED) is 0.774. The molecule has 19 heavy (non-hydrogen) atoms. The molecule has 0 fully saturated rings. The Morgan fingerprint density at radius 1 is 1.32 bits per heavy atom. The van der Waals surface area contributed by atoms with Gasteiger partial charge in [-0.25, -0.2) is 4.79 Å². The fraction of sp³-hybridized carbons (Fsp3) is 0.167. The van der Waals surface area contributed by atoms with Gasteiger partial charge in [0.2, 0.25) is 0 Å². The lowest BCUT2D eigenvalue weighted by atomic mass is 10.2. The highest BCUT2D eigenvalue weighted by Gasteiger charge is 2.19. The number of hydrogen-bond donors (Lipinski definition) is 2. The maximum Gasteiger partial charge on any atom is 0.340 e. The highest BCUT2D eigenvalue weighted by molar-refractivity contribution is 9.11. The second-order valence-electron chi connectivity index (χ2n) is 4.01. The van der Waals surface area contributed by atoms with Crippen LogP contribution >= 0.6 is 43.4 Å². The van der Waals surface area contributed by atoms with Crippen molar-refractivity contribution in [3.05, 3.63) is 37.9 Å². The Kier molecular flexibility index (Phi) is 4.27. The predicted molar refractivity (Wildman–Crippen MR) is 83.7 cm³/mol. The summed E-state index contributed by atoms with van der Waals surface area (Å²) in [4.78, 5) is 11.2. The van der Waals surface area contributed by atoms with Crippen LogP contribution in [0.3, 0.4) is 0 Å². The van der Waals surface area contributed by atoms with E-state index in [4.69, 9.17) is 0 Å². The van der Waals surface area contributed by atoms with Gasteiger partial charge < -0.3 is 10.4 Å². The molecule has 0 saturated carbocycles. The average molecular weight is 406 g/mol. The van der Waals surface area contributed by atoms with Crippen LogP contribution in [0.2, 0.25) is 0 Å². The van der Waals surface area contributed by atoms with Crippen molar-refractivity contribution < 1.29 is 9.90 Å². The molecule has 0 spiro atoms. The van der Waals surface area contributed by atoms with Crippen LogP contribution in [0.15, 0.2) is 21.1 Å². The molecule has 0 unspecified atom stereocenters. The number of anilines is 2. The van der Waals surface area contributed by atoms with E-state index in [9.17, 15) is 9.90 Å². The number of aromatic carboxylic acids is 1. The van der Waals surface area contributed by atoms with Crippen molar-refractivity contribution in [2.24, 2.45) is 0 Å². The van der Waals surface area contributed by atoms with Crippen molar-refractivity contribution in [2.75, 3.05) is 5.32 Å². The summed E-state index contributed by atoms with van der Waals surface area (Å²) in [7, 11) is 0. The number of aryl methyl sites for hydroxylation is 2. The molecule has 1 heterocycles. The van der Waals surface area contributed by atoms with Crippen molar-refractivity contribution in [3.63, 3.8) is 0 Å². The zero-order valence-electron chi connectivity index (χ0n) is 10.1.